The average Bonchev–Trinajstić information content (AvgIpc) is 2.47. The highest BCUT2D eigenvalue weighted by Gasteiger charge is 2.24. The Morgan fingerprint density at radius 2 is 2.14 bits per heavy atom. The molecule has 3 rings (SSSR count). The van der Waals surface area contributed by atoms with Gasteiger partial charge in [0.2, 0.25) is 0 Å². The Morgan fingerprint density at radius 3 is 2.90 bits per heavy atom. The van der Waals surface area contributed by atoms with Crippen LogP contribution in [0.4, 0.5) is 5.69 Å². The maximum Gasteiger partial charge on any atom is 0.272 e. The van der Waals surface area contributed by atoms with Crippen molar-refractivity contribution in [2.75, 3.05) is 26.0 Å². The summed E-state index contributed by atoms with van der Waals surface area (Å²) in [5, 5.41) is 3.41. The van der Waals surface area contributed by atoms with Gasteiger partial charge in [0, 0.05) is 38.4 Å². The van der Waals surface area contributed by atoms with E-state index in [-0.39, 0.29) is 5.91 Å². The molecule has 1 aromatic heterocycles. The third-order valence-electron chi connectivity index (χ3n) is 3.90. The van der Waals surface area contributed by atoms with Gasteiger partial charge in [-0.15, -0.1) is 0 Å². The molecule has 0 aliphatic heterocycles. The molecule has 21 heavy (non-hydrogen) atoms. The number of nitrogens with zero attached hydrogens (tertiary/aromatic N) is 2. The first kappa shape index (κ1) is 13.6. The molecule has 4 nitrogen and oxygen atoms in total. The predicted octanol–water partition coefficient (Wildman–Crippen LogP) is 2.54. The van der Waals surface area contributed by atoms with Crippen LogP contribution in [0.15, 0.2) is 42.6 Å². The lowest BCUT2D eigenvalue weighted by atomic mass is 9.77. The number of nitrogens with one attached hydrogen (secondary N) is 1. The highest BCUT2D eigenvalue weighted by atomic mass is 16.2. The predicted molar refractivity (Wildman–Crippen MR) is 83.6 cm³/mol. The zero-order valence-electron chi connectivity index (χ0n) is 12.3. The molecular formula is C17H19N3O. The van der Waals surface area contributed by atoms with Gasteiger partial charge in [-0.2, -0.15) is 0 Å². The van der Waals surface area contributed by atoms with Gasteiger partial charge in [0.15, 0.2) is 0 Å². The average molecular weight is 281 g/mol. The summed E-state index contributed by atoms with van der Waals surface area (Å²) in [6, 6.07) is 12.3. The van der Waals surface area contributed by atoms with E-state index in [4.69, 9.17) is 0 Å². The Hall–Kier alpha value is -2.36. The van der Waals surface area contributed by atoms with Crippen LogP contribution in [0.2, 0.25) is 0 Å². The van der Waals surface area contributed by atoms with Crippen molar-refractivity contribution in [1.82, 2.24) is 9.88 Å². The molecule has 108 valence electrons. The van der Waals surface area contributed by atoms with Crippen LogP contribution < -0.4 is 5.32 Å². The number of rotatable bonds is 4. The number of anilines is 1. The zero-order valence-corrected chi connectivity index (χ0v) is 12.3. The number of carbonyl (C=O) groups is 1. The number of aromatic nitrogens is 1. The zero-order chi connectivity index (χ0) is 14.8. The lowest BCUT2D eigenvalue weighted by Crippen LogP contribution is -2.25. The Bertz CT molecular complexity index is 667. The number of hydrogen-bond donors (Lipinski definition) is 1. The van der Waals surface area contributed by atoms with Gasteiger partial charge in [0.1, 0.15) is 5.69 Å². The van der Waals surface area contributed by atoms with E-state index in [1.165, 1.54) is 16.0 Å². The van der Waals surface area contributed by atoms with Gasteiger partial charge in [-0.25, -0.2) is 0 Å². The van der Waals surface area contributed by atoms with Crippen molar-refractivity contribution >= 4 is 11.6 Å². The first-order chi connectivity index (χ1) is 10.1. The van der Waals surface area contributed by atoms with Gasteiger partial charge < -0.3 is 10.2 Å². The summed E-state index contributed by atoms with van der Waals surface area (Å²) in [6.07, 6.45) is 2.80. The van der Waals surface area contributed by atoms with Crippen LogP contribution in [0.25, 0.3) is 0 Å². The molecule has 1 N–H and O–H groups in total. The molecule has 0 fully saturated rings. The van der Waals surface area contributed by atoms with E-state index in [1.807, 2.05) is 12.1 Å². The van der Waals surface area contributed by atoms with Crippen LogP contribution >= 0.6 is 0 Å². The lowest BCUT2D eigenvalue weighted by molar-refractivity contribution is 0.0822. The largest absolute Gasteiger partial charge is 0.384 e. The van der Waals surface area contributed by atoms with Crippen LogP contribution in [0.3, 0.4) is 0 Å². The third kappa shape index (κ3) is 2.75. The summed E-state index contributed by atoms with van der Waals surface area (Å²) >= 11 is 0. The molecule has 1 heterocycles. The second-order valence-corrected chi connectivity index (χ2v) is 5.61. The Morgan fingerprint density at radius 1 is 1.33 bits per heavy atom. The molecule has 1 aliphatic rings. The summed E-state index contributed by atoms with van der Waals surface area (Å²) in [5.41, 5.74) is 4.30. The first-order valence-corrected chi connectivity index (χ1v) is 7.14. The fourth-order valence-electron chi connectivity index (χ4n) is 2.67. The minimum absolute atomic E-state index is 0.0763. The maximum absolute atomic E-state index is 11.9. The summed E-state index contributed by atoms with van der Waals surface area (Å²) in [7, 11) is 3.46. The normalized spacial score (nSPS) is 15.8. The monoisotopic (exact) mass is 281 g/mol. The van der Waals surface area contributed by atoms with E-state index in [9.17, 15) is 4.79 Å². The van der Waals surface area contributed by atoms with E-state index >= 15 is 0 Å². The molecule has 4 heteroatoms. The summed E-state index contributed by atoms with van der Waals surface area (Å²) < 4.78 is 0. The molecule has 0 spiro atoms. The van der Waals surface area contributed by atoms with Gasteiger partial charge in [-0.05, 0) is 29.7 Å². The van der Waals surface area contributed by atoms with Crippen molar-refractivity contribution in [3.63, 3.8) is 0 Å². The molecule has 1 aromatic carbocycles. The van der Waals surface area contributed by atoms with Crippen molar-refractivity contribution in [2.45, 2.75) is 12.3 Å². The van der Waals surface area contributed by atoms with Crippen LogP contribution in [0, 0.1) is 0 Å². The molecule has 1 amide bonds. The smallest absolute Gasteiger partial charge is 0.272 e. The maximum atomic E-state index is 11.9. The summed E-state index contributed by atoms with van der Waals surface area (Å²) in [4.78, 5) is 17.6. The minimum atomic E-state index is -0.0763. The standard InChI is InChI=1S/C17H19N3O/c1-20(2)17(21)16-10-14(7-8-18-16)19-11-13-9-12-5-3-4-6-15(12)13/h3-8,10,13H,9,11H2,1-2H3,(H,18,19). The van der Waals surface area contributed by atoms with E-state index in [0.717, 1.165) is 18.7 Å². The van der Waals surface area contributed by atoms with Gasteiger partial charge in [-0.3, -0.25) is 9.78 Å². The van der Waals surface area contributed by atoms with E-state index in [1.54, 1.807) is 20.3 Å². The van der Waals surface area contributed by atoms with Crippen molar-refractivity contribution in [3.05, 3.63) is 59.4 Å². The number of amides is 1. The molecule has 0 saturated carbocycles. The quantitative estimate of drug-likeness (QED) is 0.936. The highest BCUT2D eigenvalue weighted by molar-refractivity contribution is 5.92. The lowest BCUT2D eigenvalue weighted by Gasteiger charge is -2.30. The molecule has 0 bridgehead atoms. The van der Waals surface area contributed by atoms with Crippen molar-refractivity contribution in [2.24, 2.45) is 0 Å². The molecule has 1 unspecified atom stereocenters. The molecule has 0 radical (unpaired) electrons. The van der Waals surface area contributed by atoms with Gasteiger partial charge in [-0.1, -0.05) is 24.3 Å². The molecule has 1 aliphatic carbocycles. The van der Waals surface area contributed by atoms with E-state index in [2.05, 4.69) is 34.6 Å². The Labute approximate surface area is 124 Å². The van der Waals surface area contributed by atoms with Crippen molar-refractivity contribution in [3.8, 4) is 0 Å². The second kappa shape index (κ2) is 5.56. The Balaban J connectivity index is 1.64. The van der Waals surface area contributed by atoms with Gasteiger partial charge in [0.25, 0.3) is 5.91 Å². The van der Waals surface area contributed by atoms with E-state index in [0.29, 0.717) is 11.6 Å². The minimum Gasteiger partial charge on any atom is -0.384 e. The third-order valence-corrected chi connectivity index (χ3v) is 3.90. The summed E-state index contributed by atoms with van der Waals surface area (Å²) in [6.45, 7) is 0.886. The van der Waals surface area contributed by atoms with Crippen LogP contribution in [-0.2, 0) is 6.42 Å². The summed E-state index contributed by atoms with van der Waals surface area (Å²) in [5.74, 6) is 0.481. The molecule has 1 atom stereocenters. The van der Waals surface area contributed by atoms with Crippen molar-refractivity contribution in [1.29, 1.82) is 0 Å². The molecule has 0 saturated heterocycles. The Kier molecular flexibility index (Phi) is 3.60. The first-order valence-electron chi connectivity index (χ1n) is 7.14. The van der Waals surface area contributed by atoms with Crippen molar-refractivity contribution < 1.29 is 4.79 Å². The van der Waals surface area contributed by atoms with Gasteiger partial charge >= 0.3 is 0 Å². The number of carbonyl (C=O) groups excluding carboxylic acids is 1. The number of fused-ring (bicyclic) bond motifs is 1. The van der Waals surface area contributed by atoms with Crippen LogP contribution in [-0.4, -0.2) is 36.4 Å². The number of pyridine rings is 1. The fourth-order valence-corrected chi connectivity index (χ4v) is 2.67. The number of hydrogen-bond acceptors (Lipinski definition) is 3. The molecule has 2 aromatic rings. The molecular weight excluding hydrogens is 262 g/mol. The second-order valence-electron chi connectivity index (χ2n) is 5.61. The number of benzene rings is 1. The SMILES string of the molecule is CN(C)C(=O)c1cc(NCC2Cc3ccccc32)ccn1. The van der Waals surface area contributed by atoms with Gasteiger partial charge in [0.05, 0.1) is 0 Å². The van der Waals surface area contributed by atoms with Crippen LogP contribution in [0.1, 0.15) is 27.5 Å². The fraction of sp³-hybridized carbons (Fsp3) is 0.294. The van der Waals surface area contributed by atoms with E-state index < -0.39 is 0 Å². The van der Waals surface area contributed by atoms with Crippen LogP contribution in [0.5, 0.6) is 0 Å². The topological polar surface area (TPSA) is 45.2 Å². The highest BCUT2D eigenvalue weighted by Crippen LogP contribution is 2.34.